The number of hydrogen-bond acceptors (Lipinski definition) is 3. The molecule has 2 atom stereocenters. The van der Waals surface area contributed by atoms with E-state index in [4.69, 9.17) is 4.74 Å². The maximum Gasteiger partial charge on any atom is 0.319 e. The first-order valence-electron chi connectivity index (χ1n) is 11.8. The molecule has 0 aromatic rings. The van der Waals surface area contributed by atoms with Crippen molar-refractivity contribution in [2.75, 3.05) is 40.3 Å². The second-order valence-electron chi connectivity index (χ2n) is 9.46. The Bertz CT molecular complexity index is 566. The topological polar surface area (TPSA) is 53.1 Å². The molecule has 3 rings (SSSR count). The van der Waals surface area contributed by atoms with Crippen LogP contribution in [0.4, 0.5) is 4.79 Å². The fraction of sp³-hybridized carbons (Fsp3) is 0.913. The third-order valence-electron chi connectivity index (χ3n) is 7.52. The van der Waals surface area contributed by atoms with Gasteiger partial charge in [-0.1, -0.05) is 26.2 Å². The molecule has 3 aliphatic rings. The molecule has 0 aromatic carbocycles. The van der Waals surface area contributed by atoms with Crippen molar-refractivity contribution in [3.05, 3.63) is 0 Å². The fourth-order valence-electron chi connectivity index (χ4n) is 5.96. The SMILES string of the molecule is CCCN(C(=O)C1CCN(C(=O)N(C)C)CC1)C1CC(OCC)C12CCCCC2. The Kier molecular flexibility index (Phi) is 7.47. The molecule has 1 saturated heterocycles. The first-order valence-corrected chi connectivity index (χ1v) is 11.8. The number of amides is 3. The quantitative estimate of drug-likeness (QED) is 0.674. The van der Waals surface area contributed by atoms with Gasteiger partial charge in [0, 0.05) is 57.7 Å². The molecule has 6 heteroatoms. The van der Waals surface area contributed by atoms with Gasteiger partial charge < -0.3 is 19.4 Å². The lowest BCUT2D eigenvalue weighted by Crippen LogP contribution is -2.67. The monoisotopic (exact) mass is 407 g/mol. The Balaban J connectivity index is 1.68. The van der Waals surface area contributed by atoms with Crippen molar-refractivity contribution in [2.24, 2.45) is 11.3 Å². The summed E-state index contributed by atoms with van der Waals surface area (Å²) >= 11 is 0. The summed E-state index contributed by atoms with van der Waals surface area (Å²) in [4.78, 5) is 31.5. The van der Waals surface area contributed by atoms with Crippen LogP contribution in [0.2, 0.25) is 0 Å². The summed E-state index contributed by atoms with van der Waals surface area (Å²) in [5.74, 6) is 0.383. The van der Waals surface area contributed by atoms with E-state index in [9.17, 15) is 9.59 Å². The average molecular weight is 408 g/mol. The first-order chi connectivity index (χ1) is 13.9. The van der Waals surface area contributed by atoms with Crippen LogP contribution in [0.25, 0.3) is 0 Å². The van der Waals surface area contributed by atoms with Crippen molar-refractivity contribution in [1.82, 2.24) is 14.7 Å². The van der Waals surface area contributed by atoms with Gasteiger partial charge in [0.15, 0.2) is 0 Å². The van der Waals surface area contributed by atoms with Crippen LogP contribution in [-0.4, -0.2) is 79.1 Å². The normalized spacial score (nSPS) is 26.8. The number of piperidine rings is 1. The number of ether oxygens (including phenoxy) is 1. The van der Waals surface area contributed by atoms with Gasteiger partial charge in [-0.25, -0.2) is 4.79 Å². The van der Waals surface area contributed by atoms with Gasteiger partial charge in [-0.15, -0.1) is 0 Å². The molecule has 3 fully saturated rings. The fourth-order valence-corrected chi connectivity index (χ4v) is 5.96. The number of rotatable bonds is 6. The molecule has 1 heterocycles. The van der Waals surface area contributed by atoms with E-state index < -0.39 is 0 Å². The zero-order valence-corrected chi connectivity index (χ0v) is 19.0. The molecule has 166 valence electrons. The summed E-state index contributed by atoms with van der Waals surface area (Å²) < 4.78 is 6.13. The summed E-state index contributed by atoms with van der Waals surface area (Å²) in [6.07, 6.45) is 10.1. The maximum absolute atomic E-state index is 13.6. The zero-order chi connectivity index (χ0) is 21.0. The second-order valence-corrected chi connectivity index (χ2v) is 9.46. The van der Waals surface area contributed by atoms with E-state index in [1.807, 2.05) is 4.90 Å². The number of carbonyl (C=O) groups excluding carboxylic acids is 2. The minimum atomic E-state index is 0.0551. The third-order valence-corrected chi connectivity index (χ3v) is 7.52. The van der Waals surface area contributed by atoms with Gasteiger partial charge in [-0.3, -0.25) is 4.79 Å². The molecule has 0 aromatic heterocycles. The van der Waals surface area contributed by atoms with Crippen LogP contribution in [0.3, 0.4) is 0 Å². The summed E-state index contributed by atoms with van der Waals surface area (Å²) in [5, 5.41) is 0. The van der Waals surface area contributed by atoms with Crippen LogP contribution in [0.1, 0.15) is 71.6 Å². The van der Waals surface area contributed by atoms with Crippen molar-refractivity contribution in [3.8, 4) is 0 Å². The van der Waals surface area contributed by atoms with Crippen LogP contribution in [0.5, 0.6) is 0 Å². The Hall–Kier alpha value is -1.30. The number of likely N-dealkylation sites (tertiary alicyclic amines) is 1. The molecular formula is C23H41N3O3. The first kappa shape index (κ1) is 22.4. The van der Waals surface area contributed by atoms with E-state index in [0.29, 0.717) is 31.1 Å². The second kappa shape index (κ2) is 9.67. The molecule has 0 radical (unpaired) electrons. The molecule has 29 heavy (non-hydrogen) atoms. The smallest absolute Gasteiger partial charge is 0.319 e. The summed E-state index contributed by atoms with van der Waals surface area (Å²) in [5.41, 5.74) is 0.181. The standard InChI is InChI=1S/C23H41N3O3/c1-5-14-26(19-17-20(29-6-2)23(19)12-8-7-9-13-23)21(27)18-10-15-25(16-11-18)22(28)24(3)4/h18-20H,5-17H2,1-4H3. The van der Waals surface area contributed by atoms with Gasteiger partial charge in [-0.05, 0) is 45.4 Å². The lowest BCUT2D eigenvalue weighted by Gasteiger charge is -2.61. The van der Waals surface area contributed by atoms with E-state index in [1.54, 1.807) is 19.0 Å². The highest BCUT2D eigenvalue weighted by Crippen LogP contribution is 2.55. The minimum Gasteiger partial charge on any atom is -0.378 e. The predicted molar refractivity (Wildman–Crippen MR) is 115 cm³/mol. The van der Waals surface area contributed by atoms with Gasteiger partial charge in [0.1, 0.15) is 0 Å². The Morgan fingerprint density at radius 1 is 1.07 bits per heavy atom. The van der Waals surface area contributed by atoms with Crippen LogP contribution in [0.15, 0.2) is 0 Å². The predicted octanol–water partition coefficient (Wildman–Crippen LogP) is 3.75. The molecule has 2 unspecified atom stereocenters. The molecular weight excluding hydrogens is 366 g/mol. The molecule has 1 spiro atoms. The largest absolute Gasteiger partial charge is 0.378 e. The lowest BCUT2D eigenvalue weighted by atomic mass is 9.54. The van der Waals surface area contributed by atoms with Gasteiger partial charge in [0.2, 0.25) is 5.91 Å². The van der Waals surface area contributed by atoms with Crippen LogP contribution in [0, 0.1) is 11.3 Å². The van der Waals surface area contributed by atoms with Crippen molar-refractivity contribution >= 4 is 11.9 Å². The maximum atomic E-state index is 13.6. The van der Waals surface area contributed by atoms with Crippen LogP contribution in [-0.2, 0) is 9.53 Å². The van der Waals surface area contributed by atoms with Crippen molar-refractivity contribution in [1.29, 1.82) is 0 Å². The van der Waals surface area contributed by atoms with E-state index in [-0.39, 0.29) is 17.4 Å². The summed E-state index contributed by atoms with van der Waals surface area (Å²) in [7, 11) is 3.58. The van der Waals surface area contributed by atoms with Gasteiger partial charge >= 0.3 is 6.03 Å². The van der Waals surface area contributed by atoms with Gasteiger partial charge in [0.25, 0.3) is 0 Å². The zero-order valence-electron chi connectivity index (χ0n) is 19.0. The highest BCUT2D eigenvalue weighted by molar-refractivity contribution is 5.80. The van der Waals surface area contributed by atoms with Crippen molar-refractivity contribution < 1.29 is 14.3 Å². The van der Waals surface area contributed by atoms with Crippen molar-refractivity contribution in [2.45, 2.75) is 83.8 Å². The van der Waals surface area contributed by atoms with Crippen molar-refractivity contribution in [3.63, 3.8) is 0 Å². The van der Waals surface area contributed by atoms with E-state index in [0.717, 1.165) is 38.8 Å². The number of urea groups is 1. The summed E-state index contributed by atoms with van der Waals surface area (Å²) in [6, 6.07) is 0.397. The average Bonchev–Trinajstić information content (AvgIpc) is 2.75. The molecule has 1 aliphatic heterocycles. The highest BCUT2D eigenvalue weighted by Gasteiger charge is 2.58. The van der Waals surface area contributed by atoms with E-state index in [2.05, 4.69) is 18.7 Å². The molecule has 2 saturated carbocycles. The number of hydrogen-bond donors (Lipinski definition) is 0. The number of carbonyl (C=O) groups is 2. The van der Waals surface area contributed by atoms with Crippen LogP contribution < -0.4 is 0 Å². The van der Waals surface area contributed by atoms with E-state index in [1.165, 1.54) is 32.1 Å². The van der Waals surface area contributed by atoms with Crippen LogP contribution >= 0.6 is 0 Å². The molecule has 6 nitrogen and oxygen atoms in total. The minimum absolute atomic E-state index is 0.0551. The summed E-state index contributed by atoms with van der Waals surface area (Å²) in [6.45, 7) is 7.24. The molecule has 0 N–H and O–H groups in total. The Labute approximate surface area is 176 Å². The number of nitrogens with zero attached hydrogens (tertiary/aromatic N) is 3. The van der Waals surface area contributed by atoms with Gasteiger partial charge in [-0.2, -0.15) is 0 Å². The Morgan fingerprint density at radius 2 is 1.72 bits per heavy atom. The third kappa shape index (κ3) is 4.42. The Morgan fingerprint density at radius 3 is 2.28 bits per heavy atom. The lowest BCUT2D eigenvalue weighted by molar-refractivity contribution is -0.191. The highest BCUT2D eigenvalue weighted by atomic mass is 16.5. The molecule has 0 bridgehead atoms. The van der Waals surface area contributed by atoms with Gasteiger partial charge in [0.05, 0.1) is 6.10 Å². The molecule has 2 aliphatic carbocycles. The molecule has 3 amide bonds. The van der Waals surface area contributed by atoms with E-state index >= 15 is 0 Å².